The maximum absolute atomic E-state index is 12.9. The van der Waals surface area contributed by atoms with Gasteiger partial charge in [0.15, 0.2) is 28.8 Å². The van der Waals surface area contributed by atoms with Crippen molar-refractivity contribution >= 4 is 5.78 Å². The quantitative estimate of drug-likeness (QED) is 0.786. The summed E-state index contributed by atoms with van der Waals surface area (Å²) >= 11 is 0. The first-order valence-corrected chi connectivity index (χ1v) is 7.71. The van der Waals surface area contributed by atoms with Gasteiger partial charge in [0.25, 0.3) is 0 Å². The van der Waals surface area contributed by atoms with Crippen LogP contribution in [0.4, 0.5) is 0 Å². The first-order chi connectivity index (χ1) is 11.8. The highest BCUT2D eigenvalue weighted by atomic mass is 16.7. The molecule has 6 nitrogen and oxygen atoms in total. The zero-order valence-electron chi connectivity index (χ0n) is 13.1. The molecule has 6 heteroatoms. The van der Waals surface area contributed by atoms with E-state index >= 15 is 0 Å². The molecule has 1 unspecified atom stereocenters. The fraction of sp³-hybridized carbons (Fsp3) is 0.278. The van der Waals surface area contributed by atoms with Gasteiger partial charge >= 0.3 is 0 Å². The van der Waals surface area contributed by atoms with Crippen LogP contribution in [0.2, 0.25) is 0 Å². The zero-order chi connectivity index (χ0) is 16.5. The molecule has 24 heavy (non-hydrogen) atoms. The van der Waals surface area contributed by atoms with Crippen molar-refractivity contribution in [3.63, 3.8) is 0 Å². The van der Waals surface area contributed by atoms with Gasteiger partial charge in [-0.1, -0.05) is 6.07 Å². The van der Waals surface area contributed by atoms with E-state index in [1.807, 2.05) is 13.0 Å². The molecule has 2 aliphatic rings. The molecule has 0 aromatic heterocycles. The lowest BCUT2D eigenvalue weighted by molar-refractivity contribution is 0.0452. The second kappa shape index (κ2) is 6.05. The summed E-state index contributed by atoms with van der Waals surface area (Å²) in [6.07, 6.45) is -0.718. The molecular weight excluding hydrogens is 312 g/mol. The van der Waals surface area contributed by atoms with Crippen LogP contribution in [0, 0.1) is 0 Å². The number of hydrogen-bond acceptors (Lipinski definition) is 6. The van der Waals surface area contributed by atoms with Gasteiger partial charge < -0.3 is 23.7 Å². The van der Waals surface area contributed by atoms with Crippen LogP contribution in [-0.2, 0) is 4.74 Å². The summed E-state index contributed by atoms with van der Waals surface area (Å²) in [5.74, 6) is 2.36. The third kappa shape index (κ3) is 2.55. The molecule has 0 bridgehead atoms. The van der Waals surface area contributed by atoms with Gasteiger partial charge in [0.2, 0.25) is 13.6 Å². The number of rotatable bonds is 5. The molecule has 0 fully saturated rings. The summed E-state index contributed by atoms with van der Waals surface area (Å²) in [6, 6.07) is 10.5. The molecule has 4 rings (SSSR count). The van der Waals surface area contributed by atoms with E-state index < -0.39 is 6.10 Å². The van der Waals surface area contributed by atoms with E-state index in [2.05, 4.69) is 0 Å². The summed E-state index contributed by atoms with van der Waals surface area (Å²) in [7, 11) is 0. The molecule has 1 atom stereocenters. The van der Waals surface area contributed by atoms with Crippen LogP contribution in [0.1, 0.15) is 28.9 Å². The molecule has 2 heterocycles. The van der Waals surface area contributed by atoms with Crippen molar-refractivity contribution < 1.29 is 28.5 Å². The van der Waals surface area contributed by atoms with Gasteiger partial charge in [0.1, 0.15) is 6.10 Å². The van der Waals surface area contributed by atoms with E-state index in [4.69, 9.17) is 23.7 Å². The minimum Gasteiger partial charge on any atom is -0.454 e. The topological polar surface area (TPSA) is 63.2 Å². The van der Waals surface area contributed by atoms with E-state index in [1.54, 1.807) is 30.3 Å². The van der Waals surface area contributed by atoms with E-state index in [1.165, 1.54) is 0 Å². The number of ether oxygens (including phenoxy) is 5. The van der Waals surface area contributed by atoms with E-state index in [9.17, 15) is 4.79 Å². The Labute approximate surface area is 138 Å². The Morgan fingerprint density at radius 3 is 2.29 bits per heavy atom. The summed E-state index contributed by atoms with van der Waals surface area (Å²) in [4.78, 5) is 12.9. The number of benzene rings is 2. The van der Waals surface area contributed by atoms with Crippen LogP contribution in [0.15, 0.2) is 36.4 Å². The van der Waals surface area contributed by atoms with Gasteiger partial charge in [-0.05, 0) is 42.8 Å². The largest absolute Gasteiger partial charge is 0.454 e. The van der Waals surface area contributed by atoms with Gasteiger partial charge in [0.05, 0.1) is 0 Å². The molecule has 0 radical (unpaired) electrons. The molecule has 2 aliphatic heterocycles. The third-order valence-electron chi connectivity index (χ3n) is 3.93. The first kappa shape index (κ1) is 14.8. The Morgan fingerprint density at radius 1 is 0.958 bits per heavy atom. The van der Waals surface area contributed by atoms with Gasteiger partial charge in [-0.25, -0.2) is 0 Å². The molecular formula is C18H16O6. The SMILES string of the molecule is CCOC(C(=O)c1ccc2c(c1)OCO2)c1ccc2c(c1)OCO2. The molecule has 0 aliphatic carbocycles. The van der Waals surface area contributed by atoms with Crippen molar-refractivity contribution in [1.29, 1.82) is 0 Å². The number of hydrogen-bond donors (Lipinski definition) is 0. The van der Waals surface area contributed by atoms with E-state index in [-0.39, 0.29) is 19.4 Å². The average molecular weight is 328 g/mol. The van der Waals surface area contributed by atoms with Gasteiger partial charge in [-0.15, -0.1) is 0 Å². The van der Waals surface area contributed by atoms with Crippen LogP contribution in [-0.4, -0.2) is 26.0 Å². The Hall–Kier alpha value is -2.73. The van der Waals surface area contributed by atoms with Crippen molar-refractivity contribution in [3.05, 3.63) is 47.5 Å². The second-order valence-corrected chi connectivity index (χ2v) is 5.38. The van der Waals surface area contributed by atoms with Gasteiger partial charge in [-0.3, -0.25) is 4.79 Å². The summed E-state index contributed by atoms with van der Waals surface area (Å²) in [5.41, 5.74) is 1.24. The number of carbonyl (C=O) groups excluding carboxylic acids is 1. The molecule has 0 amide bonds. The summed E-state index contributed by atoms with van der Waals surface area (Å²) < 4.78 is 27.0. The predicted octanol–water partition coefficient (Wildman–Crippen LogP) is 3.10. The van der Waals surface area contributed by atoms with Crippen molar-refractivity contribution in [1.82, 2.24) is 0 Å². The van der Waals surface area contributed by atoms with Crippen molar-refractivity contribution in [3.8, 4) is 23.0 Å². The highest BCUT2D eigenvalue weighted by Crippen LogP contribution is 2.37. The maximum Gasteiger partial charge on any atom is 0.231 e. The lowest BCUT2D eigenvalue weighted by atomic mass is 9.99. The smallest absolute Gasteiger partial charge is 0.231 e. The number of Topliss-reactive ketones (excluding diaryl/α,β-unsaturated/α-hetero) is 1. The highest BCUT2D eigenvalue weighted by molar-refractivity contribution is 6.00. The maximum atomic E-state index is 12.9. The fourth-order valence-electron chi connectivity index (χ4n) is 2.77. The first-order valence-electron chi connectivity index (χ1n) is 7.71. The molecule has 0 spiro atoms. The van der Waals surface area contributed by atoms with Crippen molar-refractivity contribution in [2.45, 2.75) is 13.0 Å². The Balaban J connectivity index is 1.66. The number of ketones is 1. The van der Waals surface area contributed by atoms with Crippen LogP contribution >= 0.6 is 0 Å². The van der Waals surface area contributed by atoms with Crippen LogP contribution in [0.5, 0.6) is 23.0 Å². The Bertz CT molecular complexity index is 785. The molecule has 2 aromatic carbocycles. The van der Waals surface area contributed by atoms with Gasteiger partial charge in [-0.2, -0.15) is 0 Å². The number of carbonyl (C=O) groups is 1. The minimum atomic E-state index is -0.718. The van der Waals surface area contributed by atoms with Gasteiger partial charge in [0, 0.05) is 12.2 Å². The Morgan fingerprint density at radius 2 is 1.58 bits per heavy atom. The van der Waals surface area contributed by atoms with Crippen LogP contribution in [0.25, 0.3) is 0 Å². The molecule has 0 saturated heterocycles. The Kier molecular flexibility index (Phi) is 3.74. The highest BCUT2D eigenvalue weighted by Gasteiger charge is 2.26. The number of fused-ring (bicyclic) bond motifs is 2. The normalized spacial score (nSPS) is 15.4. The molecule has 2 aromatic rings. The zero-order valence-corrected chi connectivity index (χ0v) is 13.1. The second-order valence-electron chi connectivity index (χ2n) is 5.38. The van der Waals surface area contributed by atoms with Crippen LogP contribution < -0.4 is 18.9 Å². The van der Waals surface area contributed by atoms with E-state index in [0.29, 0.717) is 35.2 Å². The fourth-order valence-corrected chi connectivity index (χ4v) is 2.77. The predicted molar refractivity (Wildman–Crippen MR) is 83.8 cm³/mol. The molecule has 0 N–H and O–H groups in total. The average Bonchev–Trinajstić information content (AvgIpc) is 3.26. The van der Waals surface area contributed by atoms with Crippen LogP contribution in [0.3, 0.4) is 0 Å². The third-order valence-corrected chi connectivity index (χ3v) is 3.93. The lowest BCUT2D eigenvalue weighted by Crippen LogP contribution is -2.16. The minimum absolute atomic E-state index is 0.144. The monoisotopic (exact) mass is 328 g/mol. The van der Waals surface area contributed by atoms with Crippen molar-refractivity contribution in [2.75, 3.05) is 20.2 Å². The summed E-state index contributed by atoms with van der Waals surface area (Å²) in [6.45, 7) is 2.63. The molecule has 124 valence electrons. The summed E-state index contributed by atoms with van der Waals surface area (Å²) in [5, 5.41) is 0. The molecule has 0 saturated carbocycles. The van der Waals surface area contributed by atoms with E-state index in [0.717, 1.165) is 5.56 Å². The standard InChI is InChI=1S/C18H16O6/c1-2-20-18(12-4-6-14-16(8-12)24-10-22-14)17(19)11-3-5-13-15(7-11)23-9-21-13/h3-8,18H,2,9-10H2,1H3. The lowest BCUT2D eigenvalue weighted by Gasteiger charge is -2.17. The van der Waals surface area contributed by atoms with Crippen molar-refractivity contribution in [2.24, 2.45) is 0 Å².